The van der Waals surface area contributed by atoms with Crippen LogP contribution in [0.2, 0.25) is 0 Å². The van der Waals surface area contributed by atoms with Gasteiger partial charge in [-0.25, -0.2) is 13.8 Å². The summed E-state index contributed by atoms with van der Waals surface area (Å²) in [7, 11) is 0. The number of halogens is 2. The van der Waals surface area contributed by atoms with Gasteiger partial charge in [0.2, 0.25) is 10.8 Å². The maximum Gasteiger partial charge on any atom is 0.227 e. The lowest BCUT2D eigenvalue weighted by Crippen LogP contribution is -2.28. The number of hydrogen-bond donors (Lipinski definition) is 2. The third-order valence-corrected chi connectivity index (χ3v) is 8.45. The number of benzene rings is 2. The Morgan fingerprint density at radius 2 is 1.95 bits per heavy atom. The van der Waals surface area contributed by atoms with Gasteiger partial charge in [0, 0.05) is 41.8 Å². The molecular weight excluding hydrogens is 492 g/mol. The minimum Gasteiger partial charge on any atom is -0.611 e. The van der Waals surface area contributed by atoms with Crippen LogP contribution in [0.25, 0.3) is 10.9 Å². The van der Waals surface area contributed by atoms with Crippen LogP contribution in [0.1, 0.15) is 50.1 Å². The largest absolute Gasteiger partial charge is 0.611 e. The lowest BCUT2D eigenvalue weighted by Gasteiger charge is -2.24. The van der Waals surface area contributed by atoms with Crippen molar-refractivity contribution in [2.75, 3.05) is 29.1 Å². The zero-order chi connectivity index (χ0) is 26.1. The second kappa shape index (κ2) is 10.7. The summed E-state index contributed by atoms with van der Waals surface area (Å²) in [4.78, 5) is 15.7. The third-order valence-electron chi connectivity index (χ3n) is 6.99. The van der Waals surface area contributed by atoms with Gasteiger partial charge in [0.1, 0.15) is 23.1 Å². The summed E-state index contributed by atoms with van der Waals surface area (Å²) in [5.74, 6) is 1.13. The van der Waals surface area contributed by atoms with Crippen molar-refractivity contribution in [3.63, 3.8) is 0 Å². The molecular formula is C28H31F2N5OS. The maximum atomic E-state index is 14.0. The number of aromatic nitrogens is 3. The van der Waals surface area contributed by atoms with Gasteiger partial charge in [0.15, 0.2) is 5.82 Å². The smallest absolute Gasteiger partial charge is 0.227 e. The summed E-state index contributed by atoms with van der Waals surface area (Å²) >= 11 is -1.20. The van der Waals surface area contributed by atoms with E-state index < -0.39 is 11.2 Å². The fourth-order valence-corrected chi connectivity index (χ4v) is 6.39. The number of aromatic amines is 1. The molecule has 2 unspecified atom stereocenters. The van der Waals surface area contributed by atoms with Gasteiger partial charge in [-0.1, -0.05) is 19.9 Å². The highest BCUT2D eigenvalue weighted by Crippen LogP contribution is 2.35. The lowest BCUT2D eigenvalue weighted by molar-refractivity contribution is 0.598. The number of nitrogens with one attached hydrogen (secondary N) is 2. The second-order valence-corrected chi connectivity index (χ2v) is 10.9. The van der Waals surface area contributed by atoms with E-state index in [0.29, 0.717) is 47.6 Å². The number of hydrogen-bond acceptors (Lipinski definition) is 5. The first-order valence-corrected chi connectivity index (χ1v) is 14.1. The highest BCUT2D eigenvalue weighted by atomic mass is 32.2. The molecule has 0 radical (unpaired) electrons. The van der Waals surface area contributed by atoms with Crippen LogP contribution in [-0.4, -0.2) is 38.3 Å². The zero-order valence-corrected chi connectivity index (χ0v) is 22.1. The van der Waals surface area contributed by atoms with E-state index >= 15 is 0 Å². The van der Waals surface area contributed by atoms with Crippen LogP contribution < -0.4 is 10.2 Å². The number of nitrogens with zero attached hydrogens (tertiary/aromatic N) is 3. The molecule has 3 heterocycles. The SMILES string of the molecule is CCc1[nH]c2ccc(F)cc2c1C(C)CCN(CC)c1nc2c(c(Nc3cccc(F)c3)n1)[S+]([O-])CC2. The Bertz CT molecular complexity index is 1430. The molecule has 5 rings (SSSR count). The first kappa shape index (κ1) is 25.5. The van der Waals surface area contributed by atoms with Crippen molar-refractivity contribution in [1.82, 2.24) is 15.0 Å². The summed E-state index contributed by atoms with van der Waals surface area (Å²) in [6.45, 7) is 7.72. The molecule has 0 aliphatic carbocycles. The molecule has 0 fully saturated rings. The molecule has 9 heteroatoms. The van der Waals surface area contributed by atoms with E-state index in [1.54, 1.807) is 24.3 Å². The molecule has 0 bridgehead atoms. The van der Waals surface area contributed by atoms with Gasteiger partial charge < -0.3 is 19.8 Å². The maximum absolute atomic E-state index is 14.0. The molecule has 2 aromatic heterocycles. The van der Waals surface area contributed by atoms with Crippen molar-refractivity contribution in [3.8, 4) is 0 Å². The normalized spacial score (nSPS) is 15.7. The van der Waals surface area contributed by atoms with E-state index in [1.807, 2.05) is 0 Å². The van der Waals surface area contributed by atoms with Crippen molar-refractivity contribution in [2.24, 2.45) is 0 Å². The summed E-state index contributed by atoms with van der Waals surface area (Å²) in [5.41, 5.74) is 4.57. The molecule has 2 N–H and O–H groups in total. The van der Waals surface area contributed by atoms with Crippen LogP contribution in [-0.2, 0) is 24.0 Å². The van der Waals surface area contributed by atoms with Crippen molar-refractivity contribution in [1.29, 1.82) is 0 Å². The van der Waals surface area contributed by atoms with Gasteiger partial charge >= 0.3 is 0 Å². The van der Waals surface area contributed by atoms with Crippen LogP contribution >= 0.6 is 0 Å². The average molecular weight is 524 g/mol. The molecule has 2 atom stereocenters. The Morgan fingerprint density at radius 3 is 2.70 bits per heavy atom. The minimum absolute atomic E-state index is 0.186. The Labute approximate surface area is 218 Å². The molecule has 6 nitrogen and oxygen atoms in total. The molecule has 1 aliphatic heterocycles. The quantitative estimate of drug-likeness (QED) is 0.254. The van der Waals surface area contributed by atoms with E-state index in [1.165, 1.54) is 18.2 Å². The lowest BCUT2D eigenvalue weighted by atomic mass is 9.93. The predicted octanol–water partition coefficient (Wildman–Crippen LogP) is 6.23. The molecule has 194 valence electrons. The van der Waals surface area contributed by atoms with Crippen LogP contribution in [0.5, 0.6) is 0 Å². The molecule has 0 spiro atoms. The van der Waals surface area contributed by atoms with Crippen LogP contribution in [0, 0.1) is 11.6 Å². The van der Waals surface area contributed by atoms with Crippen LogP contribution in [0.4, 0.5) is 26.2 Å². The van der Waals surface area contributed by atoms with Crippen LogP contribution in [0.15, 0.2) is 47.4 Å². The van der Waals surface area contributed by atoms with Crippen LogP contribution in [0.3, 0.4) is 0 Å². The number of rotatable bonds is 9. The third kappa shape index (κ3) is 5.15. The molecule has 2 aromatic carbocycles. The van der Waals surface area contributed by atoms with E-state index in [2.05, 4.69) is 36.0 Å². The number of fused-ring (bicyclic) bond motifs is 2. The molecule has 4 aromatic rings. The molecule has 37 heavy (non-hydrogen) atoms. The second-order valence-electron chi connectivity index (χ2n) is 9.41. The van der Waals surface area contributed by atoms with E-state index in [9.17, 15) is 13.3 Å². The van der Waals surface area contributed by atoms with Crippen molar-refractivity contribution in [3.05, 3.63) is 71.1 Å². The number of aryl methyl sites for hydroxylation is 2. The van der Waals surface area contributed by atoms with Gasteiger partial charge in [0.05, 0.1) is 0 Å². The Morgan fingerprint density at radius 1 is 1.14 bits per heavy atom. The number of H-pyrrole nitrogens is 1. The summed E-state index contributed by atoms with van der Waals surface area (Å²) in [5, 5.41) is 4.11. The Kier molecular flexibility index (Phi) is 7.35. The fraction of sp³-hybridized carbons (Fsp3) is 0.357. The van der Waals surface area contributed by atoms with Crippen molar-refractivity contribution >= 4 is 39.5 Å². The highest BCUT2D eigenvalue weighted by molar-refractivity contribution is 7.91. The topological polar surface area (TPSA) is 79.9 Å². The Balaban J connectivity index is 1.41. The fourth-order valence-electron chi connectivity index (χ4n) is 5.09. The van der Waals surface area contributed by atoms with Gasteiger partial charge in [-0.2, -0.15) is 4.98 Å². The van der Waals surface area contributed by atoms with E-state index in [4.69, 9.17) is 9.97 Å². The van der Waals surface area contributed by atoms with E-state index in [-0.39, 0.29) is 17.6 Å². The van der Waals surface area contributed by atoms with Crippen molar-refractivity contribution < 1.29 is 13.3 Å². The van der Waals surface area contributed by atoms with Gasteiger partial charge in [-0.05, 0) is 78.8 Å². The Hall–Kier alpha value is -3.17. The molecule has 0 saturated carbocycles. The van der Waals surface area contributed by atoms with Crippen molar-refractivity contribution in [2.45, 2.75) is 50.8 Å². The molecule has 0 amide bonds. The highest BCUT2D eigenvalue weighted by Gasteiger charge is 2.33. The average Bonchev–Trinajstić information content (AvgIpc) is 3.44. The first-order chi connectivity index (χ1) is 17.9. The predicted molar refractivity (Wildman–Crippen MR) is 145 cm³/mol. The number of anilines is 3. The summed E-state index contributed by atoms with van der Waals surface area (Å²) in [6.07, 6.45) is 2.28. The van der Waals surface area contributed by atoms with Gasteiger partial charge in [0.25, 0.3) is 0 Å². The van der Waals surface area contributed by atoms with Gasteiger partial charge in [-0.3, -0.25) is 0 Å². The zero-order valence-electron chi connectivity index (χ0n) is 21.3. The summed E-state index contributed by atoms with van der Waals surface area (Å²) < 4.78 is 40.5. The van der Waals surface area contributed by atoms with Gasteiger partial charge in [-0.15, -0.1) is 0 Å². The molecule has 0 saturated heterocycles. The van der Waals surface area contributed by atoms with E-state index in [0.717, 1.165) is 40.7 Å². The summed E-state index contributed by atoms with van der Waals surface area (Å²) in [6, 6.07) is 11.0. The first-order valence-electron chi connectivity index (χ1n) is 12.7. The monoisotopic (exact) mass is 523 g/mol. The molecule has 1 aliphatic rings. The minimum atomic E-state index is -1.20. The standard InChI is InChI=1S/C28H31F2N5OS/c1-4-22-25(21-16-19(30)9-10-23(21)32-22)17(3)11-13-35(5-2)28-33-24-12-14-37(36)26(24)27(34-28)31-20-8-6-7-18(29)15-20/h6-10,15-17,32H,4-5,11-14H2,1-3H3,(H,31,33,34).